The third-order valence-corrected chi connectivity index (χ3v) is 2.26. The van der Waals surface area contributed by atoms with Gasteiger partial charge in [-0.2, -0.15) is 0 Å². The third kappa shape index (κ3) is 3.04. The summed E-state index contributed by atoms with van der Waals surface area (Å²) in [5, 5.41) is 13.1. The van der Waals surface area contributed by atoms with Crippen LogP contribution < -0.4 is 0 Å². The fraction of sp³-hybridized carbons (Fsp3) is 0.182. The highest BCUT2D eigenvalue weighted by molar-refractivity contribution is 6.32. The molecule has 5 nitrogen and oxygen atoms in total. The topological polar surface area (TPSA) is 82.7 Å². The number of aliphatic hydroxyl groups excluding tert-OH is 1. The first-order chi connectivity index (χ1) is 8.11. The molecule has 0 atom stereocenters. The monoisotopic (exact) mass is 254 g/mol. The van der Waals surface area contributed by atoms with Crippen LogP contribution in [0.4, 0.5) is 0 Å². The van der Waals surface area contributed by atoms with Crippen molar-refractivity contribution < 1.29 is 14.6 Å². The first-order valence-corrected chi connectivity index (χ1v) is 5.22. The van der Waals surface area contributed by atoms with Crippen molar-refractivity contribution in [2.24, 2.45) is 5.11 Å². The molecule has 0 aliphatic rings. The van der Waals surface area contributed by atoms with E-state index in [1.807, 2.05) is 0 Å². The zero-order chi connectivity index (χ0) is 12.8. The van der Waals surface area contributed by atoms with Crippen LogP contribution >= 0.6 is 11.6 Å². The Balaban J connectivity index is 3.22. The van der Waals surface area contributed by atoms with Crippen molar-refractivity contribution in [1.82, 2.24) is 0 Å². The van der Waals surface area contributed by atoms with E-state index in [2.05, 4.69) is 9.85 Å². The Hall–Kier alpha value is -1.88. The Kier molecular flexibility index (Phi) is 4.66. The number of aliphatic hydroxyl groups is 1. The van der Waals surface area contributed by atoms with Crippen molar-refractivity contribution in [2.45, 2.75) is 6.92 Å². The number of carbonyl (C=O) groups is 1. The third-order valence-electron chi connectivity index (χ3n) is 1.93. The Morgan fingerprint density at radius 2 is 2.18 bits per heavy atom. The average Bonchev–Trinajstić information content (AvgIpc) is 2.30. The molecule has 1 rings (SSSR count). The summed E-state index contributed by atoms with van der Waals surface area (Å²) in [4.78, 5) is 11.4. The highest BCUT2D eigenvalue weighted by Crippen LogP contribution is 2.25. The molecule has 2 N–H and O–H groups in total. The molecule has 0 aliphatic carbocycles. The highest BCUT2D eigenvalue weighted by Gasteiger charge is 2.18. The summed E-state index contributed by atoms with van der Waals surface area (Å²) in [7, 11) is 0. The minimum absolute atomic E-state index is 0.133. The van der Waals surface area contributed by atoms with Gasteiger partial charge in [-0.3, -0.25) is 0 Å². The molecular weight excluding hydrogens is 244 g/mol. The van der Waals surface area contributed by atoms with E-state index in [9.17, 15) is 9.90 Å². The molecule has 0 saturated heterocycles. The van der Waals surface area contributed by atoms with Gasteiger partial charge in [0, 0.05) is 5.56 Å². The van der Waals surface area contributed by atoms with E-state index in [0.717, 1.165) is 0 Å². The van der Waals surface area contributed by atoms with Gasteiger partial charge in [0.25, 0.3) is 0 Å². The van der Waals surface area contributed by atoms with Crippen molar-refractivity contribution in [3.63, 3.8) is 0 Å². The predicted molar refractivity (Wildman–Crippen MR) is 62.8 cm³/mol. The van der Waals surface area contributed by atoms with Crippen LogP contribution in [0.1, 0.15) is 12.5 Å². The minimum atomic E-state index is -0.861. The van der Waals surface area contributed by atoms with Crippen LogP contribution in [0.15, 0.2) is 35.1 Å². The van der Waals surface area contributed by atoms with Crippen molar-refractivity contribution in [1.29, 1.82) is 5.53 Å². The van der Waals surface area contributed by atoms with E-state index < -0.39 is 17.4 Å². The molecule has 0 spiro atoms. The molecule has 0 amide bonds. The molecule has 0 radical (unpaired) electrons. The Bertz CT molecular complexity index is 472. The number of benzene rings is 1. The first-order valence-electron chi connectivity index (χ1n) is 4.84. The van der Waals surface area contributed by atoms with Gasteiger partial charge >= 0.3 is 5.97 Å². The number of hydrogen-bond acceptors (Lipinski definition) is 5. The molecule has 6 heteroatoms. The van der Waals surface area contributed by atoms with Gasteiger partial charge in [-0.05, 0) is 19.1 Å². The van der Waals surface area contributed by atoms with E-state index in [-0.39, 0.29) is 17.2 Å². The van der Waals surface area contributed by atoms with Crippen LogP contribution in [0.5, 0.6) is 0 Å². The van der Waals surface area contributed by atoms with Crippen molar-refractivity contribution in [2.75, 3.05) is 6.61 Å². The fourth-order valence-corrected chi connectivity index (χ4v) is 1.40. The number of rotatable bonds is 4. The van der Waals surface area contributed by atoms with E-state index in [0.29, 0.717) is 0 Å². The van der Waals surface area contributed by atoms with Gasteiger partial charge < -0.3 is 9.84 Å². The van der Waals surface area contributed by atoms with Crippen LogP contribution in [-0.4, -0.2) is 17.7 Å². The van der Waals surface area contributed by atoms with E-state index >= 15 is 0 Å². The molecule has 0 aliphatic heterocycles. The van der Waals surface area contributed by atoms with Crippen molar-refractivity contribution in [3.8, 4) is 0 Å². The van der Waals surface area contributed by atoms with E-state index in [1.165, 1.54) is 6.07 Å². The molecule has 0 saturated carbocycles. The Morgan fingerprint density at radius 3 is 2.71 bits per heavy atom. The summed E-state index contributed by atoms with van der Waals surface area (Å²) >= 11 is 5.85. The second kappa shape index (κ2) is 6.00. The fourth-order valence-electron chi connectivity index (χ4n) is 1.18. The molecule has 0 heterocycles. The number of hydrogen-bond donors (Lipinski definition) is 2. The summed E-state index contributed by atoms with van der Waals surface area (Å²) in [5.41, 5.74) is 6.64. The number of halogens is 1. The molecule has 1 aromatic carbocycles. The summed E-state index contributed by atoms with van der Waals surface area (Å²) in [6.45, 7) is 1.75. The number of nitrogens with zero attached hydrogens (tertiary/aromatic N) is 1. The summed E-state index contributed by atoms with van der Waals surface area (Å²) in [5.74, 6) is -1.33. The zero-order valence-corrected chi connectivity index (χ0v) is 9.86. The molecule has 0 aromatic heterocycles. The molecule has 1 aromatic rings. The van der Waals surface area contributed by atoms with Gasteiger partial charge in [0.1, 0.15) is 0 Å². The standard InChI is InChI=1S/C11H11ClN2O3/c1-2-17-11(16)9(14-13)10(15)7-5-3-4-6-8(7)12/h3-6,13,15H,2H2,1H3. The largest absolute Gasteiger partial charge is 0.505 e. The number of carbonyl (C=O) groups excluding carboxylic acids is 1. The lowest BCUT2D eigenvalue weighted by molar-refractivity contribution is -0.138. The maximum absolute atomic E-state index is 11.4. The van der Waals surface area contributed by atoms with Crippen LogP contribution in [0.2, 0.25) is 5.02 Å². The maximum Gasteiger partial charge on any atom is 0.362 e. The minimum Gasteiger partial charge on any atom is -0.505 e. The summed E-state index contributed by atoms with van der Waals surface area (Å²) in [6.07, 6.45) is 0. The van der Waals surface area contributed by atoms with Crippen LogP contribution in [0.25, 0.3) is 5.76 Å². The lowest BCUT2D eigenvalue weighted by Gasteiger charge is -2.06. The average molecular weight is 255 g/mol. The number of nitrogens with one attached hydrogen (secondary N) is 1. The molecular formula is C11H11ClN2O3. The van der Waals surface area contributed by atoms with E-state index in [1.54, 1.807) is 25.1 Å². The smallest absolute Gasteiger partial charge is 0.362 e. The molecule has 0 unspecified atom stereocenters. The second-order valence-electron chi connectivity index (χ2n) is 3.01. The normalized spacial score (nSPS) is 11.6. The summed E-state index contributed by atoms with van der Waals surface area (Å²) < 4.78 is 4.66. The van der Waals surface area contributed by atoms with Gasteiger partial charge in [-0.1, -0.05) is 23.7 Å². The number of ether oxygens (including phenoxy) is 1. The van der Waals surface area contributed by atoms with Crippen molar-refractivity contribution in [3.05, 3.63) is 40.5 Å². The lowest BCUT2D eigenvalue weighted by Crippen LogP contribution is -2.08. The Labute approximate surface area is 103 Å². The van der Waals surface area contributed by atoms with Gasteiger partial charge in [0.15, 0.2) is 5.76 Å². The predicted octanol–water partition coefficient (Wildman–Crippen LogP) is 3.16. The Morgan fingerprint density at radius 1 is 1.53 bits per heavy atom. The SMILES string of the molecule is CCOC(=O)C(N=N)=C(O)c1ccccc1Cl. The highest BCUT2D eigenvalue weighted by atomic mass is 35.5. The van der Waals surface area contributed by atoms with Crippen molar-refractivity contribution >= 4 is 23.3 Å². The maximum atomic E-state index is 11.4. The van der Waals surface area contributed by atoms with Crippen LogP contribution in [-0.2, 0) is 9.53 Å². The second-order valence-corrected chi connectivity index (χ2v) is 3.42. The number of esters is 1. The van der Waals surface area contributed by atoms with E-state index in [4.69, 9.17) is 17.1 Å². The molecule has 17 heavy (non-hydrogen) atoms. The van der Waals surface area contributed by atoms with Gasteiger partial charge in [0.2, 0.25) is 5.70 Å². The van der Waals surface area contributed by atoms with Crippen LogP contribution in [0.3, 0.4) is 0 Å². The zero-order valence-electron chi connectivity index (χ0n) is 9.11. The first kappa shape index (κ1) is 13.2. The molecule has 0 fully saturated rings. The van der Waals surface area contributed by atoms with Gasteiger partial charge in [-0.25, -0.2) is 10.3 Å². The summed E-state index contributed by atoms with van der Waals surface area (Å²) in [6, 6.07) is 6.40. The van der Waals surface area contributed by atoms with Crippen LogP contribution in [0, 0.1) is 5.53 Å². The molecule has 90 valence electrons. The lowest BCUT2D eigenvalue weighted by atomic mass is 10.1. The van der Waals surface area contributed by atoms with Gasteiger partial charge in [0.05, 0.1) is 11.6 Å². The quantitative estimate of drug-likeness (QED) is 0.375. The molecule has 0 bridgehead atoms. The van der Waals surface area contributed by atoms with Gasteiger partial charge in [-0.15, -0.1) is 5.11 Å².